The third-order valence-corrected chi connectivity index (χ3v) is 4.76. The van der Waals surface area contributed by atoms with Crippen LogP contribution in [0.5, 0.6) is 0 Å². The lowest BCUT2D eigenvalue weighted by Crippen LogP contribution is -2.51. The van der Waals surface area contributed by atoms with Crippen LogP contribution in [0.3, 0.4) is 0 Å². The van der Waals surface area contributed by atoms with Gasteiger partial charge >= 0.3 is 0 Å². The molecule has 0 unspecified atom stereocenters. The Balaban J connectivity index is 2.39. The molecule has 1 aliphatic rings. The molecule has 0 aliphatic carbocycles. The molecular formula is C10H21N3O3S2. The Morgan fingerprint density at radius 2 is 1.94 bits per heavy atom. The van der Waals surface area contributed by atoms with Crippen molar-refractivity contribution in [2.45, 2.75) is 6.92 Å². The summed E-state index contributed by atoms with van der Waals surface area (Å²) in [5.74, 6) is 0.0517. The van der Waals surface area contributed by atoms with Crippen LogP contribution in [-0.4, -0.2) is 74.3 Å². The van der Waals surface area contributed by atoms with Crippen LogP contribution >= 0.6 is 12.2 Å². The molecule has 1 aliphatic heterocycles. The van der Waals surface area contributed by atoms with Crippen LogP contribution in [0.4, 0.5) is 0 Å². The third kappa shape index (κ3) is 5.15. The van der Waals surface area contributed by atoms with Gasteiger partial charge in [-0.1, -0.05) is 12.2 Å². The third-order valence-electron chi connectivity index (χ3n) is 2.79. The summed E-state index contributed by atoms with van der Waals surface area (Å²) in [5, 5.41) is 0. The van der Waals surface area contributed by atoms with Crippen molar-refractivity contribution in [2.24, 2.45) is 5.73 Å². The van der Waals surface area contributed by atoms with Crippen molar-refractivity contribution in [1.29, 1.82) is 0 Å². The summed E-state index contributed by atoms with van der Waals surface area (Å²) in [6, 6.07) is 0. The minimum absolute atomic E-state index is 0.0517. The van der Waals surface area contributed by atoms with Crippen LogP contribution in [0.1, 0.15) is 6.92 Å². The normalized spacial score (nSPS) is 18.9. The van der Waals surface area contributed by atoms with Gasteiger partial charge in [0.15, 0.2) is 0 Å². The molecule has 0 saturated carbocycles. The number of nitrogens with zero attached hydrogens (tertiary/aromatic N) is 2. The largest absolute Gasteiger partial charge is 0.392 e. The predicted molar refractivity (Wildman–Crippen MR) is 75.1 cm³/mol. The number of hydrogen-bond acceptors (Lipinski definition) is 5. The lowest BCUT2D eigenvalue weighted by molar-refractivity contribution is 0.160. The van der Waals surface area contributed by atoms with Crippen LogP contribution in [-0.2, 0) is 14.8 Å². The maximum Gasteiger partial charge on any atom is 0.216 e. The summed E-state index contributed by atoms with van der Waals surface area (Å²) in [4.78, 5) is 2.51. The van der Waals surface area contributed by atoms with Gasteiger partial charge in [-0.25, -0.2) is 8.42 Å². The van der Waals surface area contributed by atoms with Gasteiger partial charge in [-0.2, -0.15) is 4.31 Å². The van der Waals surface area contributed by atoms with Crippen molar-refractivity contribution in [3.63, 3.8) is 0 Å². The lowest BCUT2D eigenvalue weighted by Gasteiger charge is -2.33. The van der Waals surface area contributed by atoms with E-state index in [1.807, 2.05) is 6.92 Å². The Kier molecular flexibility index (Phi) is 6.44. The molecule has 0 aromatic rings. The van der Waals surface area contributed by atoms with Crippen molar-refractivity contribution in [1.82, 2.24) is 9.21 Å². The maximum atomic E-state index is 12.0. The maximum absolute atomic E-state index is 12.0. The van der Waals surface area contributed by atoms with Crippen molar-refractivity contribution in [3.8, 4) is 0 Å². The number of sulfonamides is 1. The van der Waals surface area contributed by atoms with Gasteiger partial charge in [0.1, 0.15) is 0 Å². The zero-order valence-corrected chi connectivity index (χ0v) is 12.3. The average molecular weight is 295 g/mol. The van der Waals surface area contributed by atoms with E-state index < -0.39 is 10.0 Å². The lowest BCUT2D eigenvalue weighted by atomic mass is 10.3. The highest BCUT2D eigenvalue weighted by molar-refractivity contribution is 7.89. The molecule has 1 rings (SSSR count). The Morgan fingerprint density at radius 3 is 2.44 bits per heavy atom. The van der Waals surface area contributed by atoms with E-state index in [0.29, 0.717) is 44.3 Å². The van der Waals surface area contributed by atoms with Crippen LogP contribution in [0.25, 0.3) is 0 Å². The fraction of sp³-hybridized carbons (Fsp3) is 0.900. The van der Waals surface area contributed by atoms with E-state index in [-0.39, 0.29) is 12.4 Å². The fourth-order valence-corrected chi connectivity index (χ4v) is 3.31. The van der Waals surface area contributed by atoms with Gasteiger partial charge in [-0.3, -0.25) is 4.90 Å². The highest BCUT2D eigenvalue weighted by Crippen LogP contribution is 2.08. The first kappa shape index (κ1) is 15.8. The Hall–Kier alpha value is -0.280. The Labute approximate surface area is 114 Å². The smallest absolute Gasteiger partial charge is 0.216 e. The summed E-state index contributed by atoms with van der Waals surface area (Å²) in [6.07, 6.45) is 0. The fourth-order valence-electron chi connectivity index (χ4n) is 1.82. The molecule has 1 saturated heterocycles. The van der Waals surface area contributed by atoms with E-state index in [9.17, 15) is 8.42 Å². The minimum Gasteiger partial charge on any atom is -0.392 e. The van der Waals surface area contributed by atoms with Crippen molar-refractivity contribution in [3.05, 3.63) is 0 Å². The van der Waals surface area contributed by atoms with Gasteiger partial charge in [0, 0.05) is 39.3 Å². The van der Waals surface area contributed by atoms with E-state index in [2.05, 4.69) is 4.90 Å². The molecule has 0 atom stereocenters. The predicted octanol–water partition coefficient (Wildman–Crippen LogP) is -0.744. The first-order valence-corrected chi connectivity index (χ1v) is 8.03. The molecule has 8 heteroatoms. The topological polar surface area (TPSA) is 75.9 Å². The number of hydrogen-bond donors (Lipinski definition) is 1. The number of thiocarbonyl (C=S) groups is 1. The van der Waals surface area contributed by atoms with E-state index in [1.165, 1.54) is 4.31 Å². The molecule has 0 bridgehead atoms. The number of rotatable bonds is 7. The van der Waals surface area contributed by atoms with Gasteiger partial charge in [0.2, 0.25) is 10.0 Å². The van der Waals surface area contributed by atoms with Crippen LogP contribution < -0.4 is 5.73 Å². The van der Waals surface area contributed by atoms with E-state index >= 15 is 0 Å². The number of piperazine rings is 1. The number of ether oxygens (including phenoxy) is 1. The van der Waals surface area contributed by atoms with Crippen molar-refractivity contribution < 1.29 is 13.2 Å². The molecule has 0 aromatic carbocycles. The van der Waals surface area contributed by atoms with E-state index in [0.717, 1.165) is 0 Å². The molecule has 0 radical (unpaired) electrons. The standard InChI is InChI=1S/C10H21N3O3S2/c1-2-16-7-8-18(14,15)13-5-3-12(4-6-13)9-10(11)17/h2-9H2,1H3,(H2,11,17). The van der Waals surface area contributed by atoms with Gasteiger partial charge in [-0.15, -0.1) is 0 Å². The molecule has 0 amide bonds. The summed E-state index contributed by atoms with van der Waals surface area (Å²) < 4.78 is 30.5. The summed E-state index contributed by atoms with van der Waals surface area (Å²) >= 11 is 4.84. The van der Waals surface area contributed by atoms with Gasteiger partial charge in [0.05, 0.1) is 17.3 Å². The highest BCUT2D eigenvalue weighted by Gasteiger charge is 2.26. The van der Waals surface area contributed by atoms with Crippen molar-refractivity contribution in [2.75, 3.05) is 51.7 Å². The molecular weight excluding hydrogens is 274 g/mol. The first-order valence-electron chi connectivity index (χ1n) is 6.02. The SMILES string of the molecule is CCOCCS(=O)(=O)N1CCN(CC(N)=S)CC1. The molecule has 106 valence electrons. The first-order chi connectivity index (χ1) is 8.45. The summed E-state index contributed by atoms with van der Waals surface area (Å²) in [6.45, 7) is 5.54. The average Bonchev–Trinajstić information content (AvgIpc) is 2.29. The molecule has 0 aromatic heterocycles. The van der Waals surface area contributed by atoms with E-state index in [1.54, 1.807) is 0 Å². The second-order valence-electron chi connectivity index (χ2n) is 4.15. The molecule has 6 nitrogen and oxygen atoms in total. The summed E-state index contributed by atoms with van der Waals surface area (Å²) in [7, 11) is -3.19. The highest BCUT2D eigenvalue weighted by atomic mass is 32.2. The molecule has 18 heavy (non-hydrogen) atoms. The van der Waals surface area contributed by atoms with Crippen molar-refractivity contribution >= 4 is 27.2 Å². The Bertz CT molecular complexity index is 365. The molecule has 1 fully saturated rings. The molecule has 2 N–H and O–H groups in total. The Morgan fingerprint density at radius 1 is 1.33 bits per heavy atom. The van der Waals surface area contributed by atoms with Gasteiger partial charge in [-0.05, 0) is 6.92 Å². The van der Waals surface area contributed by atoms with Crippen LogP contribution in [0, 0.1) is 0 Å². The molecule has 0 spiro atoms. The summed E-state index contributed by atoms with van der Waals surface area (Å²) in [5.41, 5.74) is 5.47. The van der Waals surface area contributed by atoms with Crippen LogP contribution in [0.15, 0.2) is 0 Å². The monoisotopic (exact) mass is 295 g/mol. The van der Waals surface area contributed by atoms with Crippen LogP contribution in [0.2, 0.25) is 0 Å². The molecule has 1 heterocycles. The second-order valence-corrected chi connectivity index (χ2v) is 6.77. The number of nitrogens with two attached hydrogens (primary N) is 1. The minimum atomic E-state index is -3.19. The van der Waals surface area contributed by atoms with Gasteiger partial charge < -0.3 is 10.5 Å². The second kappa shape index (κ2) is 7.34. The van der Waals surface area contributed by atoms with Gasteiger partial charge in [0.25, 0.3) is 0 Å². The zero-order chi connectivity index (χ0) is 13.6. The van der Waals surface area contributed by atoms with E-state index in [4.69, 9.17) is 22.7 Å². The quantitative estimate of drug-likeness (QED) is 0.492. The zero-order valence-electron chi connectivity index (χ0n) is 10.7.